The van der Waals surface area contributed by atoms with Crippen LogP contribution in [-0.4, -0.2) is 18.4 Å². The summed E-state index contributed by atoms with van der Waals surface area (Å²) in [6, 6.07) is 9.55. The molecule has 1 fully saturated rings. The summed E-state index contributed by atoms with van der Waals surface area (Å²) < 4.78 is 5.07. The van der Waals surface area contributed by atoms with Crippen LogP contribution in [-0.2, 0) is 16.1 Å². The van der Waals surface area contributed by atoms with Crippen LogP contribution in [0.3, 0.4) is 0 Å². The smallest absolute Gasteiger partial charge is 0.407 e. The van der Waals surface area contributed by atoms with Crippen LogP contribution in [0.1, 0.15) is 24.8 Å². The van der Waals surface area contributed by atoms with Gasteiger partial charge in [-0.05, 0) is 17.9 Å². The third-order valence-electron chi connectivity index (χ3n) is 3.07. The molecule has 18 heavy (non-hydrogen) atoms. The van der Waals surface area contributed by atoms with E-state index >= 15 is 0 Å². The summed E-state index contributed by atoms with van der Waals surface area (Å²) in [4.78, 5) is 22.1. The molecule has 2 rings (SSSR count). The lowest BCUT2D eigenvalue weighted by molar-refractivity contribution is -0.126. The SMILES string of the molecule is O=C1CC(CCNC(=O)OCc2ccccc2)C1. The number of ether oxygens (including phenoxy) is 1. The van der Waals surface area contributed by atoms with Crippen LogP contribution in [0.15, 0.2) is 30.3 Å². The van der Waals surface area contributed by atoms with E-state index in [1.165, 1.54) is 0 Å². The van der Waals surface area contributed by atoms with Gasteiger partial charge in [0.2, 0.25) is 0 Å². The number of Topliss-reactive ketones (excluding diaryl/α,β-unsaturated/α-hetero) is 1. The number of hydrogen-bond acceptors (Lipinski definition) is 3. The summed E-state index contributed by atoms with van der Waals surface area (Å²) in [7, 11) is 0. The molecule has 0 bridgehead atoms. The highest BCUT2D eigenvalue weighted by Crippen LogP contribution is 2.25. The van der Waals surface area contributed by atoms with Crippen molar-refractivity contribution in [2.45, 2.75) is 25.9 Å². The fraction of sp³-hybridized carbons (Fsp3) is 0.429. The van der Waals surface area contributed by atoms with Gasteiger partial charge in [-0.15, -0.1) is 0 Å². The maximum absolute atomic E-state index is 11.4. The Labute approximate surface area is 106 Å². The fourth-order valence-corrected chi connectivity index (χ4v) is 1.94. The zero-order chi connectivity index (χ0) is 12.8. The average Bonchev–Trinajstić information content (AvgIpc) is 2.35. The Kier molecular flexibility index (Phi) is 4.34. The van der Waals surface area contributed by atoms with Gasteiger partial charge in [0.1, 0.15) is 12.4 Å². The molecule has 1 aromatic carbocycles. The van der Waals surface area contributed by atoms with Crippen LogP contribution in [0.4, 0.5) is 4.79 Å². The molecule has 1 saturated carbocycles. The summed E-state index contributed by atoms with van der Waals surface area (Å²) in [5.41, 5.74) is 0.970. The van der Waals surface area contributed by atoms with Gasteiger partial charge in [0.15, 0.2) is 0 Å². The van der Waals surface area contributed by atoms with E-state index in [9.17, 15) is 9.59 Å². The third kappa shape index (κ3) is 3.87. The standard InChI is InChI=1S/C14H17NO3/c16-13-8-12(9-13)6-7-15-14(17)18-10-11-4-2-1-3-5-11/h1-5,12H,6-10H2,(H,15,17). The number of amides is 1. The van der Waals surface area contributed by atoms with Gasteiger partial charge in [-0.2, -0.15) is 0 Å². The molecule has 0 aliphatic heterocycles. The number of carbonyl (C=O) groups excluding carboxylic acids is 2. The quantitative estimate of drug-likeness (QED) is 0.868. The molecule has 1 aliphatic carbocycles. The monoisotopic (exact) mass is 247 g/mol. The van der Waals surface area contributed by atoms with Crippen LogP contribution in [0.5, 0.6) is 0 Å². The molecular formula is C14H17NO3. The molecule has 0 spiro atoms. The summed E-state index contributed by atoms with van der Waals surface area (Å²) >= 11 is 0. The molecule has 0 unspecified atom stereocenters. The minimum Gasteiger partial charge on any atom is -0.445 e. The van der Waals surface area contributed by atoms with E-state index in [0.717, 1.165) is 12.0 Å². The summed E-state index contributed by atoms with van der Waals surface area (Å²) in [5, 5.41) is 2.69. The van der Waals surface area contributed by atoms with E-state index in [1.807, 2.05) is 30.3 Å². The number of nitrogens with one attached hydrogen (secondary N) is 1. The molecule has 0 heterocycles. The normalized spacial score (nSPS) is 15.0. The zero-order valence-corrected chi connectivity index (χ0v) is 10.2. The van der Waals surface area contributed by atoms with Gasteiger partial charge in [-0.3, -0.25) is 4.79 Å². The van der Waals surface area contributed by atoms with E-state index in [4.69, 9.17) is 4.74 Å². The third-order valence-corrected chi connectivity index (χ3v) is 3.07. The predicted octanol–water partition coefficient (Wildman–Crippen LogP) is 2.28. The second-order valence-corrected chi connectivity index (χ2v) is 4.59. The second-order valence-electron chi connectivity index (χ2n) is 4.59. The van der Waals surface area contributed by atoms with Crippen LogP contribution in [0.2, 0.25) is 0 Å². The Morgan fingerprint density at radius 1 is 1.28 bits per heavy atom. The van der Waals surface area contributed by atoms with E-state index in [1.54, 1.807) is 0 Å². The predicted molar refractivity (Wildman–Crippen MR) is 67.0 cm³/mol. The molecule has 1 N–H and O–H groups in total. The number of ketones is 1. The van der Waals surface area contributed by atoms with Crippen LogP contribution >= 0.6 is 0 Å². The van der Waals surface area contributed by atoms with E-state index < -0.39 is 6.09 Å². The Bertz CT molecular complexity index is 408. The number of hydrogen-bond donors (Lipinski definition) is 1. The first-order chi connectivity index (χ1) is 8.74. The summed E-state index contributed by atoms with van der Waals surface area (Å²) in [6.07, 6.45) is 1.79. The van der Waals surface area contributed by atoms with Gasteiger partial charge in [-0.1, -0.05) is 30.3 Å². The number of benzene rings is 1. The van der Waals surface area contributed by atoms with Gasteiger partial charge in [-0.25, -0.2) is 4.79 Å². The van der Waals surface area contributed by atoms with E-state index in [-0.39, 0.29) is 6.61 Å². The number of alkyl carbamates (subject to hydrolysis) is 1. The van der Waals surface area contributed by atoms with Crippen molar-refractivity contribution in [1.29, 1.82) is 0 Å². The Balaban J connectivity index is 1.56. The highest BCUT2D eigenvalue weighted by molar-refractivity contribution is 5.84. The molecular weight excluding hydrogens is 230 g/mol. The van der Waals surface area contributed by atoms with E-state index in [2.05, 4.69) is 5.32 Å². The average molecular weight is 247 g/mol. The van der Waals surface area contributed by atoms with Crippen molar-refractivity contribution in [2.24, 2.45) is 5.92 Å². The molecule has 0 radical (unpaired) electrons. The first-order valence-electron chi connectivity index (χ1n) is 6.20. The largest absolute Gasteiger partial charge is 0.445 e. The minimum atomic E-state index is -0.399. The van der Waals surface area contributed by atoms with Crippen molar-refractivity contribution in [3.05, 3.63) is 35.9 Å². The molecule has 1 aliphatic rings. The summed E-state index contributed by atoms with van der Waals surface area (Å²) in [6.45, 7) is 0.861. The maximum Gasteiger partial charge on any atom is 0.407 e. The Morgan fingerprint density at radius 3 is 2.67 bits per heavy atom. The topological polar surface area (TPSA) is 55.4 Å². The van der Waals surface area contributed by atoms with Gasteiger partial charge in [0.25, 0.3) is 0 Å². The molecule has 96 valence electrons. The second kappa shape index (κ2) is 6.19. The molecule has 0 aromatic heterocycles. The number of rotatable bonds is 5. The van der Waals surface area contributed by atoms with E-state index in [0.29, 0.717) is 31.1 Å². The highest BCUT2D eigenvalue weighted by atomic mass is 16.5. The first-order valence-corrected chi connectivity index (χ1v) is 6.20. The first kappa shape index (κ1) is 12.6. The zero-order valence-electron chi connectivity index (χ0n) is 10.2. The molecule has 0 atom stereocenters. The van der Waals surface area contributed by atoms with Crippen molar-refractivity contribution in [1.82, 2.24) is 5.32 Å². The van der Waals surface area contributed by atoms with Crippen molar-refractivity contribution >= 4 is 11.9 Å². The van der Waals surface area contributed by atoms with Crippen molar-refractivity contribution in [3.8, 4) is 0 Å². The van der Waals surface area contributed by atoms with Gasteiger partial charge >= 0.3 is 6.09 Å². The van der Waals surface area contributed by atoms with Gasteiger partial charge in [0.05, 0.1) is 0 Å². The van der Waals surface area contributed by atoms with Gasteiger partial charge < -0.3 is 10.1 Å². The lowest BCUT2D eigenvalue weighted by Crippen LogP contribution is -2.30. The van der Waals surface area contributed by atoms with Crippen molar-refractivity contribution in [3.63, 3.8) is 0 Å². The molecule has 4 nitrogen and oxygen atoms in total. The van der Waals surface area contributed by atoms with Crippen LogP contribution < -0.4 is 5.32 Å². The van der Waals surface area contributed by atoms with Crippen molar-refractivity contribution < 1.29 is 14.3 Å². The Morgan fingerprint density at radius 2 is 2.00 bits per heavy atom. The minimum absolute atomic E-state index is 0.286. The Hall–Kier alpha value is -1.84. The molecule has 1 amide bonds. The van der Waals surface area contributed by atoms with Crippen LogP contribution in [0, 0.1) is 5.92 Å². The molecule has 0 saturated heterocycles. The lowest BCUT2D eigenvalue weighted by Gasteiger charge is -2.23. The van der Waals surface area contributed by atoms with Crippen molar-refractivity contribution in [2.75, 3.05) is 6.54 Å². The highest BCUT2D eigenvalue weighted by Gasteiger charge is 2.25. The van der Waals surface area contributed by atoms with Gasteiger partial charge in [0, 0.05) is 19.4 Å². The molecule has 4 heteroatoms. The lowest BCUT2D eigenvalue weighted by atomic mass is 9.82. The number of carbonyl (C=O) groups is 2. The van der Waals surface area contributed by atoms with Crippen LogP contribution in [0.25, 0.3) is 0 Å². The fourth-order valence-electron chi connectivity index (χ4n) is 1.94. The maximum atomic E-state index is 11.4. The molecule has 1 aromatic rings. The summed E-state index contributed by atoms with van der Waals surface area (Å²) in [5.74, 6) is 0.776.